The molecule has 21 heavy (non-hydrogen) atoms. The van der Waals surface area contributed by atoms with Crippen LogP contribution in [0, 0.1) is 0 Å². The first-order valence-electron chi connectivity index (χ1n) is 7.82. The van der Waals surface area contributed by atoms with Crippen LogP contribution < -0.4 is 5.32 Å². The van der Waals surface area contributed by atoms with Crippen molar-refractivity contribution in [3.63, 3.8) is 0 Å². The topological polar surface area (TPSA) is 45.2 Å². The van der Waals surface area contributed by atoms with Crippen LogP contribution in [0.3, 0.4) is 0 Å². The first-order valence-corrected chi connectivity index (χ1v) is 8.20. The molecule has 1 amide bonds. The van der Waals surface area contributed by atoms with Gasteiger partial charge in [0.1, 0.15) is 5.82 Å². The highest BCUT2D eigenvalue weighted by Gasteiger charge is 2.16. The predicted octanol–water partition coefficient (Wildman–Crippen LogP) is 4.21. The van der Waals surface area contributed by atoms with Gasteiger partial charge in [0, 0.05) is 25.8 Å². The first kappa shape index (κ1) is 17.8. The van der Waals surface area contributed by atoms with Gasteiger partial charge in [0.05, 0.1) is 10.6 Å². The Hall–Kier alpha value is -1.29. The molecule has 0 unspecified atom stereocenters. The SMILES string of the molecule is CCCCN(CCCC)C(=O)c1cnc(NCC)c(Cl)c1. The maximum atomic E-state index is 12.6. The Balaban J connectivity index is 2.84. The number of rotatable bonds is 9. The smallest absolute Gasteiger partial charge is 0.255 e. The lowest BCUT2D eigenvalue weighted by Gasteiger charge is -2.22. The zero-order valence-electron chi connectivity index (χ0n) is 13.3. The predicted molar refractivity (Wildman–Crippen MR) is 89.1 cm³/mol. The number of amides is 1. The highest BCUT2D eigenvalue weighted by atomic mass is 35.5. The van der Waals surface area contributed by atoms with E-state index in [0.717, 1.165) is 45.3 Å². The van der Waals surface area contributed by atoms with Gasteiger partial charge in [-0.1, -0.05) is 38.3 Å². The van der Waals surface area contributed by atoms with Crippen molar-refractivity contribution < 1.29 is 4.79 Å². The number of pyridine rings is 1. The number of hydrogen-bond acceptors (Lipinski definition) is 3. The minimum Gasteiger partial charge on any atom is -0.369 e. The van der Waals surface area contributed by atoms with Gasteiger partial charge in [0.15, 0.2) is 0 Å². The molecule has 4 nitrogen and oxygen atoms in total. The maximum absolute atomic E-state index is 12.6. The number of anilines is 1. The zero-order valence-corrected chi connectivity index (χ0v) is 14.0. The molecule has 0 aliphatic carbocycles. The summed E-state index contributed by atoms with van der Waals surface area (Å²) in [4.78, 5) is 18.7. The summed E-state index contributed by atoms with van der Waals surface area (Å²) >= 11 is 6.17. The van der Waals surface area contributed by atoms with Gasteiger partial charge in [-0.05, 0) is 25.8 Å². The first-order chi connectivity index (χ1) is 10.1. The van der Waals surface area contributed by atoms with Gasteiger partial charge in [0.2, 0.25) is 0 Å². The van der Waals surface area contributed by atoms with Gasteiger partial charge in [-0.3, -0.25) is 4.79 Å². The molecule has 0 saturated carbocycles. The standard InChI is InChI=1S/C16H26ClN3O/c1-4-7-9-20(10-8-5-2)16(21)13-11-14(17)15(18-6-3)19-12-13/h11-12H,4-10H2,1-3H3,(H,18,19). The fraction of sp³-hybridized carbons (Fsp3) is 0.625. The van der Waals surface area contributed by atoms with Crippen LogP contribution in [0.15, 0.2) is 12.3 Å². The van der Waals surface area contributed by atoms with Gasteiger partial charge in [-0.15, -0.1) is 0 Å². The van der Waals surface area contributed by atoms with E-state index in [4.69, 9.17) is 11.6 Å². The highest BCUT2D eigenvalue weighted by molar-refractivity contribution is 6.33. The molecule has 1 heterocycles. The van der Waals surface area contributed by atoms with E-state index in [1.807, 2.05) is 11.8 Å². The Labute approximate surface area is 132 Å². The van der Waals surface area contributed by atoms with Crippen molar-refractivity contribution in [1.82, 2.24) is 9.88 Å². The summed E-state index contributed by atoms with van der Waals surface area (Å²) in [5.41, 5.74) is 0.564. The summed E-state index contributed by atoms with van der Waals surface area (Å²) in [6, 6.07) is 1.71. The molecule has 1 aromatic heterocycles. The van der Waals surface area contributed by atoms with Crippen molar-refractivity contribution in [2.75, 3.05) is 25.0 Å². The number of hydrogen-bond donors (Lipinski definition) is 1. The van der Waals surface area contributed by atoms with Crippen LogP contribution in [0.5, 0.6) is 0 Å². The molecule has 118 valence electrons. The van der Waals surface area contributed by atoms with E-state index in [1.54, 1.807) is 12.3 Å². The van der Waals surface area contributed by atoms with Crippen LogP contribution in [-0.2, 0) is 0 Å². The van der Waals surface area contributed by atoms with E-state index in [-0.39, 0.29) is 5.91 Å². The fourth-order valence-electron chi connectivity index (χ4n) is 2.05. The summed E-state index contributed by atoms with van der Waals surface area (Å²) in [6.07, 6.45) is 5.80. The second-order valence-electron chi connectivity index (χ2n) is 5.08. The van der Waals surface area contributed by atoms with Crippen LogP contribution in [0.1, 0.15) is 56.8 Å². The van der Waals surface area contributed by atoms with E-state index < -0.39 is 0 Å². The van der Waals surface area contributed by atoms with E-state index in [9.17, 15) is 4.79 Å². The second-order valence-corrected chi connectivity index (χ2v) is 5.49. The molecule has 0 atom stereocenters. The molecule has 1 N–H and O–H groups in total. The molecule has 0 radical (unpaired) electrons. The lowest BCUT2D eigenvalue weighted by Crippen LogP contribution is -2.33. The van der Waals surface area contributed by atoms with Crippen molar-refractivity contribution in [2.24, 2.45) is 0 Å². The van der Waals surface area contributed by atoms with Gasteiger partial charge in [0.25, 0.3) is 5.91 Å². The molecular weight excluding hydrogens is 286 g/mol. The average molecular weight is 312 g/mol. The third-order valence-electron chi connectivity index (χ3n) is 3.28. The van der Waals surface area contributed by atoms with Gasteiger partial charge in [-0.25, -0.2) is 4.98 Å². The van der Waals surface area contributed by atoms with E-state index >= 15 is 0 Å². The number of nitrogens with one attached hydrogen (secondary N) is 1. The molecule has 0 spiro atoms. The number of carbonyl (C=O) groups is 1. The lowest BCUT2D eigenvalue weighted by atomic mass is 10.2. The van der Waals surface area contributed by atoms with E-state index in [0.29, 0.717) is 16.4 Å². The molecule has 0 aromatic carbocycles. The molecule has 1 rings (SSSR count). The molecule has 0 saturated heterocycles. The van der Waals surface area contributed by atoms with Crippen LogP contribution in [0.2, 0.25) is 5.02 Å². The molecular formula is C16H26ClN3O. The Morgan fingerprint density at radius 3 is 2.33 bits per heavy atom. The molecule has 1 aromatic rings. The molecule has 0 fully saturated rings. The van der Waals surface area contributed by atoms with Gasteiger partial charge < -0.3 is 10.2 Å². The van der Waals surface area contributed by atoms with Crippen LogP contribution in [0.4, 0.5) is 5.82 Å². The Kier molecular flexibility index (Phi) is 8.13. The van der Waals surface area contributed by atoms with Crippen LogP contribution in [0.25, 0.3) is 0 Å². The third-order valence-corrected chi connectivity index (χ3v) is 3.57. The number of carbonyl (C=O) groups excluding carboxylic acids is 1. The Morgan fingerprint density at radius 1 is 1.24 bits per heavy atom. The summed E-state index contributed by atoms with van der Waals surface area (Å²) in [7, 11) is 0. The normalized spacial score (nSPS) is 10.5. The minimum atomic E-state index is 0.0225. The molecule has 5 heteroatoms. The number of unbranched alkanes of at least 4 members (excludes halogenated alkanes) is 2. The van der Waals surface area contributed by atoms with Crippen molar-refractivity contribution in [3.8, 4) is 0 Å². The van der Waals surface area contributed by atoms with Crippen molar-refractivity contribution in [2.45, 2.75) is 46.5 Å². The lowest BCUT2D eigenvalue weighted by molar-refractivity contribution is 0.0750. The maximum Gasteiger partial charge on any atom is 0.255 e. The minimum absolute atomic E-state index is 0.0225. The highest BCUT2D eigenvalue weighted by Crippen LogP contribution is 2.21. The zero-order chi connectivity index (χ0) is 15.7. The number of nitrogens with zero attached hydrogens (tertiary/aromatic N) is 2. The Bertz CT molecular complexity index is 443. The summed E-state index contributed by atoms with van der Waals surface area (Å²) in [5, 5.41) is 3.57. The van der Waals surface area contributed by atoms with Crippen LogP contribution in [-0.4, -0.2) is 35.4 Å². The fourth-order valence-corrected chi connectivity index (χ4v) is 2.28. The molecule has 0 aliphatic rings. The van der Waals surface area contributed by atoms with Crippen molar-refractivity contribution in [1.29, 1.82) is 0 Å². The van der Waals surface area contributed by atoms with Crippen molar-refractivity contribution in [3.05, 3.63) is 22.8 Å². The van der Waals surface area contributed by atoms with Gasteiger partial charge in [-0.2, -0.15) is 0 Å². The summed E-state index contributed by atoms with van der Waals surface area (Å²) in [5.74, 6) is 0.652. The largest absolute Gasteiger partial charge is 0.369 e. The van der Waals surface area contributed by atoms with E-state index in [1.165, 1.54) is 0 Å². The second kappa shape index (κ2) is 9.61. The average Bonchev–Trinajstić information content (AvgIpc) is 2.49. The summed E-state index contributed by atoms with van der Waals surface area (Å²) in [6.45, 7) is 8.58. The molecule has 0 aliphatic heterocycles. The monoisotopic (exact) mass is 311 g/mol. The van der Waals surface area contributed by atoms with Gasteiger partial charge >= 0.3 is 0 Å². The molecule has 0 bridgehead atoms. The number of aromatic nitrogens is 1. The summed E-state index contributed by atoms with van der Waals surface area (Å²) < 4.78 is 0. The Morgan fingerprint density at radius 2 is 1.86 bits per heavy atom. The quantitative estimate of drug-likeness (QED) is 0.743. The van der Waals surface area contributed by atoms with Crippen molar-refractivity contribution >= 4 is 23.3 Å². The van der Waals surface area contributed by atoms with E-state index in [2.05, 4.69) is 24.1 Å². The third kappa shape index (κ3) is 5.54. The number of halogens is 1. The van der Waals surface area contributed by atoms with Crippen LogP contribution >= 0.6 is 11.6 Å².